The lowest BCUT2D eigenvalue weighted by Crippen LogP contribution is -2.48. The first-order valence-electron chi connectivity index (χ1n) is 10.6. The molecule has 1 heterocycles. The van der Waals surface area contributed by atoms with Crippen LogP contribution >= 0.6 is 0 Å². The fourth-order valence-electron chi connectivity index (χ4n) is 4.05. The van der Waals surface area contributed by atoms with Gasteiger partial charge in [0.25, 0.3) is 5.91 Å². The number of sulfone groups is 1. The zero-order chi connectivity index (χ0) is 22.4. The van der Waals surface area contributed by atoms with E-state index in [1.807, 2.05) is 74.5 Å². The molecular formula is C24H29NO5S. The molecule has 2 unspecified atom stereocenters. The third-order valence-electron chi connectivity index (χ3n) is 5.79. The number of benzene rings is 2. The molecule has 1 aliphatic heterocycles. The van der Waals surface area contributed by atoms with Gasteiger partial charge in [-0.2, -0.15) is 0 Å². The number of ether oxygens (including phenoxy) is 1. The molecule has 31 heavy (non-hydrogen) atoms. The van der Waals surface area contributed by atoms with Crippen molar-refractivity contribution in [1.82, 2.24) is 4.90 Å². The summed E-state index contributed by atoms with van der Waals surface area (Å²) >= 11 is 0. The predicted molar refractivity (Wildman–Crippen MR) is 119 cm³/mol. The topological polar surface area (TPSA) is 80.8 Å². The van der Waals surface area contributed by atoms with Gasteiger partial charge in [-0.05, 0) is 30.9 Å². The number of carbonyl (C=O) groups excluding carboxylic acids is 2. The van der Waals surface area contributed by atoms with Gasteiger partial charge in [0.15, 0.2) is 16.4 Å². The molecule has 1 amide bonds. The molecule has 0 aromatic heterocycles. The lowest BCUT2D eigenvalue weighted by atomic mass is 9.91. The Morgan fingerprint density at radius 2 is 1.58 bits per heavy atom. The van der Waals surface area contributed by atoms with Crippen LogP contribution in [0.15, 0.2) is 60.7 Å². The number of nitrogens with zero attached hydrogens (tertiary/aromatic N) is 1. The number of amides is 1. The van der Waals surface area contributed by atoms with Crippen molar-refractivity contribution < 1.29 is 22.7 Å². The van der Waals surface area contributed by atoms with E-state index in [1.54, 1.807) is 4.90 Å². The van der Waals surface area contributed by atoms with Gasteiger partial charge in [0.2, 0.25) is 0 Å². The molecule has 2 aromatic carbocycles. The van der Waals surface area contributed by atoms with E-state index in [0.29, 0.717) is 12.8 Å². The van der Waals surface area contributed by atoms with Crippen molar-refractivity contribution in [1.29, 1.82) is 0 Å². The Bertz CT molecular complexity index is 952. The van der Waals surface area contributed by atoms with Crippen LogP contribution < -0.4 is 0 Å². The summed E-state index contributed by atoms with van der Waals surface area (Å²) in [5.41, 5.74) is 1.57. The minimum Gasteiger partial charge on any atom is -0.455 e. The second-order valence-corrected chi connectivity index (χ2v) is 10.2. The van der Waals surface area contributed by atoms with Crippen LogP contribution in [0.25, 0.3) is 0 Å². The van der Waals surface area contributed by atoms with Crippen LogP contribution in [-0.2, 0) is 24.2 Å². The second kappa shape index (κ2) is 10.1. The molecule has 6 nitrogen and oxygen atoms in total. The molecule has 0 saturated carbocycles. The van der Waals surface area contributed by atoms with Crippen LogP contribution in [0.1, 0.15) is 43.7 Å². The summed E-state index contributed by atoms with van der Waals surface area (Å²) in [4.78, 5) is 27.6. The largest absolute Gasteiger partial charge is 0.455 e. The van der Waals surface area contributed by atoms with E-state index in [9.17, 15) is 18.0 Å². The molecule has 3 rings (SSSR count). The van der Waals surface area contributed by atoms with Crippen LogP contribution in [0.4, 0.5) is 0 Å². The van der Waals surface area contributed by atoms with Gasteiger partial charge < -0.3 is 9.64 Å². The molecular weight excluding hydrogens is 414 g/mol. The van der Waals surface area contributed by atoms with Gasteiger partial charge in [-0.25, -0.2) is 8.42 Å². The van der Waals surface area contributed by atoms with E-state index in [2.05, 4.69) is 0 Å². The van der Waals surface area contributed by atoms with Crippen LogP contribution in [-0.4, -0.2) is 55.4 Å². The number of hydrogen-bond donors (Lipinski definition) is 0. The first-order chi connectivity index (χ1) is 14.8. The highest BCUT2D eigenvalue weighted by Gasteiger charge is 2.37. The lowest BCUT2D eigenvalue weighted by molar-refractivity contribution is -0.154. The van der Waals surface area contributed by atoms with Crippen molar-refractivity contribution in [3.05, 3.63) is 71.8 Å². The third kappa shape index (κ3) is 5.73. The maximum atomic E-state index is 13.0. The first kappa shape index (κ1) is 23.0. The second-order valence-electron chi connectivity index (χ2n) is 7.98. The Balaban J connectivity index is 1.75. The van der Waals surface area contributed by atoms with Crippen molar-refractivity contribution >= 4 is 21.7 Å². The molecule has 0 bridgehead atoms. The maximum absolute atomic E-state index is 13.0. The fraction of sp³-hybridized carbons (Fsp3) is 0.417. The number of rotatable bonds is 8. The average Bonchev–Trinajstić information content (AvgIpc) is 3.13. The zero-order valence-electron chi connectivity index (χ0n) is 17.9. The molecule has 0 radical (unpaired) electrons. The molecule has 2 aromatic rings. The monoisotopic (exact) mass is 443 g/mol. The SMILES string of the molecule is CCC(C)N(C(=O)COC(=O)C(c1ccccc1)c1ccccc1)C1CCS(=O)(=O)C1. The van der Waals surface area contributed by atoms with Gasteiger partial charge in [-0.3, -0.25) is 9.59 Å². The number of esters is 1. The Hall–Kier alpha value is -2.67. The Kier molecular flexibility index (Phi) is 7.49. The molecule has 0 spiro atoms. The third-order valence-corrected chi connectivity index (χ3v) is 7.55. The summed E-state index contributed by atoms with van der Waals surface area (Å²) in [5, 5.41) is 0. The summed E-state index contributed by atoms with van der Waals surface area (Å²) in [5.74, 6) is -1.45. The molecule has 1 saturated heterocycles. The molecule has 0 aliphatic carbocycles. The quantitative estimate of drug-likeness (QED) is 0.586. The number of carbonyl (C=O) groups is 2. The van der Waals surface area contributed by atoms with Crippen molar-refractivity contribution in [2.45, 2.75) is 44.7 Å². The highest BCUT2D eigenvalue weighted by Crippen LogP contribution is 2.26. The van der Waals surface area contributed by atoms with E-state index >= 15 is 0 Å². The Labute approximate surface area is 184 Å². The van der Waals surface area contributed by atoms with Gasteiger partial charge in [-0.15, -0.1) is 0 Å². The van der Waals surface area contributed by atoms with E-state index < -0.39 is 28.3 Å². The number of hydrogen-bond acceptors (Lipinski definition) is 5. The van der Waals surface area contributed by atoms with Gasteiger partial charge in [-0.1, -0.05) is 67.6 Å². The average molecular weight is 444 g/mol. The fourth-order valence-corrected chi connectivity index (χ4v) is 5.76. The summed E-state index contributed by atoms with van der Waals surface area (Å²) in [6.07, 6.45) is 1.11. The van der Waals surface area contributed by atoms with Crippen molar-refractivity contribution in [2.24, 2.45) is 0 Å². The molecule has 7 heteroatoms. The van der Waals surface area contributed by atoms with E-state index in [4.69, 9.17) is 4.74 Å². The van der Waals surface area contributed by atoms with Gasteiger partial charge in [0, 0.05) is 12.1 Å². The molecule has 1 aliphatic rings. The smallest absolute Gasteiger partial charge is 0.318 e. The highest BCUT2D eigenvalue weighted by molar-refractivity contribution is 7.91. The van der Waals surface area contributed by atoms with Crippen molar-refractivity contribution in [3.8, 4) is 0 Å². The standard InChI is InChI=1S/C24H29NO5S/c1-3-18(2)25(21-14-15-31(28,29)17-21)22(26)16-30-24(27)23(19-10-6-4-7-11-19)20-12-8-5-9-13-20/h4-13,18,21,23H,3,14-17H2,1-2H3. The van der Waals surface area contributed by atoms with Crippen LogP contribution in [0, 0.1) is 0 Å². The molecule has 2 atom stereocenters. The van der Waals surface area contributed by atoms with Crippen LogP contribution in [0.2, 0.25) is 0 Å². The van der Waals surface area contributed by atoms with Gasteiger partial charge in [0.05, 0.1) is 11.5 Å². The zero-order valence-corrected chi connectivity index (χ0v) is 18.8. The Morgan fingerprint density at radius 1 is 1.03 bits per heavy atom. The van der Waals surface area contributed by atoms with E-state index in [-0.39, 0.29) is 29.5 Å². The van der Waals surface area contributed by atoms with E-state index in [0.717, 1.165) is 11.1 Å². The maximum Gasteiger partial charge on any atom is 0.318 e. The van der Waals surface area contributed by atoms with Crippen molar-refractivity contribution in [2.75, 3.05) is 18.1 Å². The summed E-state index contributed by atoms with van der Waals surface area (Å²) in [7, 11) is -3.13. The summed E-state index contributed by atoms with van der Waals surface area (Å²) in [6, 6.07) is 18.1. The van der Waals surface area contributed by atoms with Gasteiger partial charge >= 0.3 is 5.97 Å². The van der Waals surface area contributed by atoms with Crippen LogP contribution in [0.5, 0.6) is 0 Å². The molecule has 166 valence electrons. The minimum atomic E-state index is -3.13. The highest BCUT2D eigenvalue weighted by atomic mass is 32.2. The predicted octanol–water partition coefficient (Wildman–Crippen LogP) is 3.18. The molecule has 0 N–H and O–H groups in total. The summed E-state index contributed by atoms with van der Waals surface area (Å²) in [6.45, 7) is 3.43. The van der Waals surface area contributed by atoms with Gasteiger partial charge in [0.1, 0.15) is 5.92 Å². The van der Waals surface area contributed by atoms with E-state index in [1.165, 1.54) is 0 Å². The molecule has 1 fully saturated rings. The normalized spacial score (nSPS) is 18.5. The first-order valence-corrected chi connectivity index (χ1v) is 12.4. The lowest BCUT2D eigenvalue weighted by Gasteiger charge is -2.33. The van der Waals surface area contributed by atoms with Crippen molar-refractivity contribution in [3.63, 3.8) is 0 Å². The summed E-state index contributed by atoms with van der Waals surface area (Å²) < 4.78 is 29.3. The Morgan fingerprint density at radius 3 is 2.03 bits per heavy atom. The minimum absolute atomic E-state index is 0.0340. The van der Waals surface area contributed by atoms with Crippen LogP contribution in [0.3, 0.4) is 0 Å².